The number of carbonyl (C=O) groups excluding carboxylic acids is 1. The first-order valence-corrected chi connectivity index (χ1v) is 14.5. The van der Waals surface area contributed by atoms with E-state index in [-0.39, 0.29) is 10.3 Å². The lowest BCUT2D eigenvalue weighted by Crippen LogP contribution is -2.54. The van der Waals surface area contributed by atoms with Gasteiger partial charge in [-0.15, -0.1) is 0 Å². The Morgan fingerprint density at radius 2 is 1.90 bits per heavy atom. The van der Waals surface area contributed by atoms with Crippen LogP contribution in [0.1, 0.15) is 27.0 Å². The lowest BCUT2D eigenvalue weighted by Gasteiger charge is -2.34. The Labute approximate surface area is 234 Å². The van der Waals surface area contributed by atoms with Crippen molar-refractivity contribution in [2.24, 2.45) is 0 Å². The van der Waals surface area contributed by atoms with Gasteiger partial charge in [0.05, 0.1) is 12.7 Å². The van der Waals surface area contributed by atoms with Crippen LogP contribution in [0.4, 0.5) is 17.6 Å². The SMILES string of the molecule is CC(C)OC(=O)[C@H](C)NP(=S)(OC[C@@]1(C(F)F)O[C@@H](n2cc(Cl)c(=O)[nH]c2=O)C(F)(F)[C@@H]1O)Oc1ccccc1. The van der Waals surface area contributed by atoms with E-state index in [1.165, 1.54) is 19.1 Å². The standard InChI is InChI=1S/C22H25ClF4N3O8PS/c1-11(2)36-16(32)12(3)29-39(40,38-13-7-5-4-6-8-13)35-10-21(18(24)25)17(33)22(26,27)19(37-21)30-9-14(23)15(31)28-20(30)34/h4-9,11-12,17-19,33H,10H2,1-3H3,(H,29,40)(H,28,31,34)/t12-,17+,19+,21+,39?/m0/s1. The van der Waals surface area contributed by atoms with Gasteiger partial charge in [-0.1, -0.05) is 29.8 Å². The molecule has 1 unspecified atom stereocenters. The topological polar surface area (TPSA) is 141 Å². The first-order chi connectivity index (χ1) is 18.5. The van der Waals surface area contributed by atoms with Crippen molar-refractivity contribution in [3.05, 3.63) is 62.4 Å². The molecule has 1 saturated heterocycles. The summed E-state index contributed by atoms with van der Waals surface area (Å²) < 4.78 is 80.4. The molecule has 0 amide bonds. The maximum atomic E-state index is 15.2. The van der Waals surface area contributed by atoms with Crippen molar-refractivity contribution in [3.63, 3.8) is 0 Å². The summed E-state index contributed by atoms with van der Waals surface area (Å²) in [6, 6.07) is 6.40. The van der Waals surface area contributed by atoms with Gasteiger partial charge in [0.1, 0.15) is 16.8 Å². The number of nitrogens with one attached hydrogen (secondary N) is 2. The number of nitrogens with zero attached hydrogens (tertiary/aromatic N) is 1. The molecule has 2 aromatic rings. The van der Waals surface area contributed by atoms with Gasteiger partial charge in [0, 0.05) is 6.20 Å². The van der Waals surface area contributed by atoms with Crippen LogP contribution >= 0.6 is 18.2 Å². The van der Waals surface area contributed by atoms with E-state index in [4.69, 9.17) is 41.9 Å². The highest BCUT2D eigenvalue weighted by atomic mass is 35.5. The van der Waals surface area contributed by atoms with Crippen LogP contribution in [-0.4, -0.2) is 63.4 Å². The summed E-state index contributed by atoms with van der Waals surface area (Å²) in [7, 11) is 0. The zero-order chi connectivity index (χ0) is 30.0. The van der Waals surface area contributed by atoms with Crippen molar-refractivity contribution >= 4 is 36.0 Å². The molecule has 2 heterocycles. The van der Waals surface area contributed by atoms with Gasteiger partial charge in [-0.2, -0.15) is 8.78 Å². The molecule has 0 spiro atoms. The van der Waals surface area contributed by atoms with Gasteiger partial charge in [-0.25, -0.2) is 18.7 Å². The highest BCUT2D eigenvalue weighted by Crippen LogP contribution is 2.53. The van der Waals surface area contributed by atoms with Gasteiger partial charge in [0.2, 0.25) is 6.23 Å². The Morgan fingerprint density at radius 1 is 1.27 bits per heavy atom. The minimum Gasteiger partial charge on any atom is -0.462 e. The number of hydrogen-bond acceptors (Lipinski definition) is 9. The third kappa shape index (κ3) is 6.75. The van der Waals surface area contributed by atoms with Crippen LogP contribution in [0.2, 0.25) is 5.02 Å². The monoisotopic (exact) mass is 633 g/mol. The minimum atomic E-state index is -4.52. The molecule has 1 aromatic carbocycles. The van der Waals surface area contributed by atoms with Crippen LogP contribution in [0.5, 0.6) is 5.75 Å². The van der Waals surface area contributed by atoms with Crippen LogP contribution in [0.15, 0.2) is 46.1 Å². The van der Waals surface area contributed by atoms with Crippen molar-refractivity contribution in [3.8, 4) is 5.75 Å². The number of para-hydroxylation sites is 1. The lowest BCUT2D eigenvalue weighted by atomic mass is 9.96. The molecule has 0 aliphatic carbocycles. The Morgan fingerprint density at radius 3 is 2.48 bits per heavy atom. The van der Waals surface area contributed by atoms with E-state index in [2.05, 4.69) is 5.09 Å². The number of aromatic amines is 1. The largest absolute Gasteiger partial charge is 0.462 e. The van der Waals surface area contributed by atoms with E-state index in [1.54, 1.807) is 37.0 Å². The van der Waals surface area contributed by atoms with Gasteiger partial charge < -0.3 is 23.6 Å². The van der Waals surface area contributed by atoms with Crippen molar-refractivity contribution in [2.45, 2.75) is 63.2 Å². The number of rotatable bonds is 11. The highest BCUT2D eigenvalue weighted by molar-refractivity contribution is 8.09. The second-order valence-electron chi connectivity index (χ2n) is 8.96. The Balaban J connectivity index is 1.97. The minimum absolute atomic E-state index is 0.0654. The van der Waals surface area contributed by atoms with Crippen LogP contribution < -0.4 is 20.9 Å². The molecule has 1 aromatic heterocycles. The third-order valence-electron chi connectivity index (χ3n) is 5.52. The normalized spacial score (nSPS) is 24.6. The number of carbonyl (C=O) groups is 1. The van der Waals surface area contributed by atoms with E-state index in [1.807, 2.05) is 0 Å². The first kappa shape index (κ1) is 32.2. The fourth-order valence-corrected chi connectivity index (χ4v) is 6.13. The van der Waals surface area contributed by atoms with Crippen molar-refractivity contribution in [2.75, 3.05) is 6.61 Å². The van der Waals surface area contributed by atoms with Crippen LogP contribution in [0.3, 0.4) is 0 Å². The van der Waals surface area contributed by atoms with E-state index in [0.717, 1.165) is 0 Å². The maximum absolute atomic E-state index is 15.2. The molecule has 40 heavy (non-hydrogen) atoms. The molecule has 1 aliphatic rings. The molecular weight excluding hydrogens is 609 g/mol. The first-order valence-electron chi connectivity index (χ1n) is 11.5. The van der Waals surface area contributed by atoms with Crippen molar-refractivity contribution < 1.29 is 46.0 Å². The predicted molar refractivity (Wildman–Crippen MR) is 137 cm³/mol. The zero-order valence-electron chi connectivity index (χ0n) is 21.1. The number of ether oxygens (including phenoxy) is 2. The second kappa shape index (κ2) is 12.3. The van der Waals surface area contributed by atoms with E-state index in [9.17, 15) is 28.3 Å². The fraction of sp³-hybridized carbons (Fsp3) is 0.500. The summed E-state index contributed by atoms with van der Waals surface area (Å²) in [5.74, 6) is -5.24. The quantitative estimate of drug-likeness (QED) is 0.192. The van der Waals surface area contributed by atoms with E-state index < -0.39 is 77.9 Å². The Kier molecular flexibility index (Phi) is 9.87. The van der Waals surface area contributed by atoms with Gasteiger partial charge in [0.15, 0.2) is 11.7 Å². The third-order valence-corrected chi connectivity index (χ3v) is 8.27. The van der Waals surface area contributed by atoms with Crippen molar-refractivity contribution in [1.82, 2.24) is 14.6 Å². The van der Waals surface area contributed by atoms with Crippen LogP contribution in [0, 0.1) is 0 Å². The number of halogens is 5. The molecule has 1 aliphatic heterocycles. The molecule has 3 N–H and O–H groups in total. The number of aromatic nitrogens is 2. The zero-order valence-corrected chi connectivity index (χ0v) is 23.5. The average Bonchev–Trinajstić information content (AvgIpc) is 3.06. The Bertz CT molecular complexity index is 1380. The molecule has 0 bridgehead atoms. The number of aliphatic hydroxyl groups is 1. The summed E-state index contributed by atoms with van der Waals surface area (Å²) in [4.78, 5) is 37.7. The summed E-state index contributed by atoms with van der Waals surface area (Å²) in [5.41, 5.74) is -6.04. The van der Waals surface area contributed by atoms with Gasteiger partial charge >= 0.3 is 24.2 Å². The molecule has 0 saturated carbocycles. The van der Waals surface area contributed by atoms with Crippen molar-refractivity contribution in [1.29, 1.82) is 0 Å². The van der Waals surface area contributed by atoms with Gasteiger partial charge in [0.25, 0.3) is 12.0 Å². The lowest BCUT2D eigenvalue weighted by molar-refractivity contribution is -0.192. The maximum Gasteiger partial charge on any atom is 0.330 e. The molecule has 222 valence electrons. The number of H-pyrrole nitrogens is 1. The molecule has 1 fully saturated rings. The smallest absolute Gasteiger partial charge is 0.330 e. The summed E-state index contributed by atoms with van der Waals surface area (Å²) >= 11 is 11.0. The van der Waals surface area contributed by atoms with Gasteiger partial charge in [-0.3, -0.25) is 19.1 Å². The predicted octanol–water partition coefficient (Wildman–Crippen LogP) is 2.97. The van der Waals surface area contributed by atoms with E-state index >= 15 is 8.78 Å². The molecule has 0 radical (unpaired) electrons. The van der Waals surface area contributed by atoms with Crippen LogP contribution in [-0.2, 0) is 30.6 Å². The molecule has 18 heteroatoms. The average molecular weight is 634 g/mol. The summed E-state index contributed by atoms with van der Waals surface area (Å²) in [6.45, 7) is -1.03. The molecule has 3 rings (SSSR count). The highest BCUT2D eigenvalue weighted by Gasteiger charge is 2.71. The second-order valence-corrected chi connectivity index (χ2v) is 12.5. The van der Waals surface area contributed by atoms with E-state index in [0.29, 0.717) is 6.20 Å². The Hall–Kier alpha value is -2.33. The molecule has 5 atom stereocenters. The number of benzene rings is 1. The fourth-order valence-electron chi connectivity index (χ4n) is 3.56. The molecule has 11 nitrogen and oxygen atoms in total. The summed E-state index contributed by atoms with van der Waals surface area (Å²) in [6.07, 6.45) is -9.95. The number of alkyl halides is 4. The number of esters is 1. The summed E-state index contributed by atoms with van der Waals surface area (Å²) in [5, 5.41) is 12.3. The van der Waals surface area contributed by atoms with Crippen LogP contribution in [0.25, 0.3) is 0 Å². The number of hydrogen-bond donors (Lipinski definition) is 3. The number of aliphatic hydroxyl groups excluding tert-OH is 1. The molecular formula is C22H25ClF4N3O8PS. The van der Waals surface area contributed by atoms with Gasteiger partial charge in [-0.05, 0) is 44.7 Å².